The molecule has 0 unspecified atom stereocenters. The van der Waals surface area contributed by atoms with Gasteiger partial charge >= 0.3 is 0 Å². The highest BCUT2D eigenvalue weighted by molar-refractivity contribution is 6.11. The molecule has 1 aliphatic heterocycles. The quantitative estimate of drug-likeness (QED) is 0.337. The first-order valence-corrected chi connectivity index (χ1v) is 10.6. The maximum atomic E-state index is 12.9. The molecule has 0 saturated carbocycles. The van der Waals surface area contributed by atoms with Gasteiger partial charge in [-0.05, 0) is 35.9 Å². The Bertz CT molecular complexity index is 1460. The van der Waals surface area contributed by atoms with E-state index in [1.807, 2.05) is 0 Å². The molecule has 0 bridgehead atoms. The second kappa shape index (κ2) is 9.14. The standard InChI is InChI=1S/C24H20N6O5/c1-34-15-4-2-3-14(8-15)23(32)30-17-10-25-21-20(17)27-12-28-22(21)24(33)26-9-13-5-6-18-16(7-13)29-19(31)11-35-18/h2-8,10,12,25H,9,11H2,1H3,(H,26,33)(H,29,31)(H,30,32). The van der Waals surface area contributed by atoms with Gasteiger partial charge in [-0.25, -0.2) is 9.97 Å². The molecule has 0 radical (unpaired) electrons. The number of hydrogen-bond acceptors (Lipinski definition) is 7. The first-order chi connectivity index (χ1) is 17.0. The number of nitrogens with one attached hydrogen (secondary N) is 4. The van der Waals surface area contributed by atoms with Gasteiger partial charge in [-0.15, -0.1) is 0 Å². The van der Waals surface area contributed by atoms with E-state index in [0.29, 0.717) is 39.5 Å². The Balaban J connectivity index is 1.31. The zero-order valence-corrected chi connectivity index (χ0v) is 18.5. The first kappa shape index (κ1) is 21.9. The van der Waals surface area contributed by atoms with Gasteiger partial charge in [-0.1, -0.05) is 12.1 Å². The summed E-state index contributed by atoms with van der Waals surface area (Å²) in [5.74, 6) is 0.128. The van der Waals surface area contributed by atoms with E-state index >= 15 is 0 Å². The van der Waals surface area contributed by atoms with Crippen molar-refractivity contribution in [3.05, 3.63) is 71.8 Å². The van der Waals surface area contributed by atoms with Crippen LogP contribution in [0.1, 0.15) is 26.4 Å². The molecular formula is C24H20N6O5. The highest BCUT2D eigenvalue weighted by atomic mass is 16.5. The summed E-state index contributed by atoms with van der Waals surface area (Å²) in [6, 6.07) is 12.0. The fourth-order valence-corrected chi connectivity index (χ4v) is 3.67. The summed E-state index contributed by atoms with van der Waals surface area (Å²) in [4.78, 5) is 48.4. The smallest absolute Gasteiger partial charge is 0.272 e. The highest BCUT2D eigenvalue weighted by Crippen LogP contribution is 2.28. The molecule has 0 spiro atoms. The maximum absolute atomic E-state index is 12.9. The summed E-state index contributed by atoms with van der Waals surface area (Å²) in [7, 11) is 1.53. The van der Waals surface area contributed by atoms with Gasteiger partial charge in [0.25, 0.3) is 17.7 Å². The Morgan fingerprint density at radius 3 is 2.89 bits per heavy atom. The number of hydrogen-bond donors (Lipinski definition) is 4. The van der Waals surface area contributed by atoms with Crippen molar-refractivity contribution in [3.8, 4) is 11.5 Å². The Hall–Kier alpha value is -4.93. The van der Waals surface area contributed by atoms with Crippen LogP contribution in [0, 0.1) is 0 Å². The molecule has 0 aliphatic carbocycles. The van der Waals surface area contributed by atoms with E-state index in [-0.39, 0.29) is 30.7 Å². The summed E-state index contributed by atoms with van der Waals surface area (Å²) in [6.45, 7) is 0.179. The molecule has 4 aromatic rings. The molecule has 0 saturated heterocycles. The molecule has 4 N–H and O–H groups in total. The summed E-state index contributed by atoms with van der Waals surface area (Å²) >= 11 is 0. The summed E-state index contributed by atoms with van der Waals surface area (Å²) < 4.78 is 10.5. The van der Waals surface area contributed by atoms with Gasteiger partial charge in [0.05, 0.1) is 24.0 Å². The largest absolute Gasteiger partial charge is 0.497 e. The van der Waals surface area contributed by atoms with E-state index in [4.69, 9.17) is 9.47 Å². The zero-order chi connectivity index (χ0) is 24.4. The number of ether oxygens (including phenoxy) is 2. The number of carbonyl (C=O) groups excluding carboxylic acids is 3. The van der Waals surface area contributed by atoms with E-state index in [2.05, 4.69) is 30.9 Å². The number of fused-ring (bicyclic) bond motifs is 2. The average molecular weight is 472 g/mol. The molecule has 11 heteroatoms. The predicted octanol–water partition coefficient (Wildman–Crippen LogP) is 2.48. The third-order valence-corrected chi connectivity index (χ3v) is 5.39. The fraction of sp³-hybridized carbons (Fsp3) is 0.125. The molecule has 176 valence electrons. The van der Waals surface area contributed by atoms with Crippen LogP contribution in [0.15, 0.2) is 55.0 Å². The molecule has 35 heavy (non-hydrogen) atoms. The van der Waals surface area contributed by atoms with Crippen molar-refractivity contribution in [2.24, 2.45) is 0 Å². The SMILES string of the molecule is COc1cccc(C(=O)Nc2c[nH]c3c(C(=O)NCc4ccc5c(c4)NC(=O)CO5)ncnc23)c1. The van der Waals surface area contributed by atoms with Gasteiger partial charge < -0.3 is 30.4 Å². The lowest BCUT2D eigenvalue weighted by Gasteiger charge is -2.18. The van der Waals surface area contributed by atoms with Crippen LogP contribution in [-0.4, -0.2) is 46.4 Å². The number of benzene rings is 2. The lowest BCUT2D eigenvalue weighted by atomic mass is 10.1. The normalized spacial score (nSPS) is 12.3. The number of carbonyl (C=O) groups is 3. The lowest BCUT2D eigenvalue weighted by Crippen LogP contribution is -2.26. The summed E-state index contributed by atoms with van der Waals surface area (Å²) in [5, 5.41) is 8.34. The second-order valence-electron chi connectivity index (χ2n) is 7.68. The Labute approximate surface area is 198 Å². The van der Waals surface area contributed by atoms with Crippen molar-refractivity contribution in [3.63, 3.8) is 0 Å². The third-order valence-electron chi connectivity index (χ3n) is 5.39. The van der Waals surface area contributed by atoms with E-state index in [1.165, 1.54) is 13.4 Å². The molecule has 3 heterocycles. The van der Waals surface area contributed by atoms with Crippen molar-refractivity contribution in [1.29, 1.82) is 0 Å². The minimum Gasteiger partial charge on any atom is -0.497 e. The number of nitrogens with zero attached hydrogens (tertiary/aromatic N) is 2. The number of H-pyrrole nitrogens is 1. The van der Waals surface area contributed by atoms with Crippen LogP contribution in [-0.2, 0) is 11.3 Å². The Kier molecular flexibility index (Phi) is 5.71. The minimum absolute atomic E-state index is 0.0229. The van der Waals surface area contributed by atoms with Gasteiger partial charge in [-0.2, -0.15) is 0 Å². The molecule has 1 aliphatic rings. The van der Waals surface area contributed by atoms with Crippen molar-refractivity contribution in [2.45, 2.75) is 6.54 Å². The van der Waals surface area contributed by atoms with Gasteiger partial charge in [-0.3, -0.25) is 14.4 Å². The molecular weight excluding hydrogens is 452 g/mol. The molecule has 2 aromatic carbocycles. The molecule has 0 fully saturated rings. The highest BCUT2D eigenvalue weighted by Gasteiger charge is 2.19. The number of amides is 3. The van der Waals surface area contributed by atoms with Crippen LogP contribution in [0.5, 0.6) is 11.5 Å². The van der Waals surface area contributed by atoms with Gasteiger partial charge in [0.2, 0.25) is 0 Å². The van der Waals surface area contributed by atoms with Crippen molar-refractivity contribution < 1.29 is 23.9 Å². The molecule has 11 nitrogen and oxygen atoms in total. The predicted molar refractivity (Wildman–Crippen MR) is 127 cm³/mol. The first-order valence-electron chi connectivity index (χ1n) is 10.6. The Morgan fingerprint density at radius 2 is 2.03 bits per heavy atom. The summed E-state index contributed by atoms with van der Waals surface area (Å²) in [6.07, 6.45) is 2.82. The minimum atomic E-state index is -0.428. The molecule has 2 aromatic heterocycles. The van der Waals surface area contributed by atoms with E-state index < -0.39 is 5.91 Å². The van der Waals surface area contributed by atoms with Gasteiger partial charge in [0.1, 0.15) is 23.3 Å². The number of methoxy groups -OCH3 is 1. The van der Waals surface area contributed by atoms with Crippen molar-refractivity contribution >= 4 is 40.1 Å². The molecule has 3 amide bonds. The van der Waals surface area contributed by atoms with Crippen LogP contribution >= 0.6 is 0 Å². The van der Waals surface area contributed by atoms with Crippen LogP contribution in [0.2, 0.25) is 0 Å². The number of rotatable bonds is 6. The Morgan fingerprint density at radius 1 is 1.14 bits per heavy atom. The average Bonchev–Trinajstić information content (AvgIpc) is 3.29. The third kappa shape index (κ3) is 4.47. The second-order valence-corrected chi connectivity index (χ2v) is 7.68. The van der Waals surface area contributed by atoms with Crippen LogP contribution in [0.25, 0.3) is 11.0 Å². The van der Waals surface area contributed by atoms with Crippen molar-refractivity contribution in [1.82, 2.24) is 20.3 Å². The molecule has 5 rings (SSSR count). The summed E-state index contributed by atoms with van der Waals surface area (Å²) in [5.41, 5.74) is 3.06. The van der Waals surface area contributed by atoms with Crippen LogP contribution in [0.3, 0.4) is 0 Å². The number of aromatic amines is 1. The molecule has 0 atom stereocenters. The van der Waals surface area contributed by atoms with Gasteiger partial charge in [0, 0.05) is 18.3 Å². The topological polar surface area (TPSA) is 147 Å². The maximum Gasteiger partial charge on any atom is 0.272 e. The zero-order valence-electron chi connectivity index (χ0n) is 18.5. The van der Waals surface area contributed by atoms with Crippen LogP contribution in [0.4, 0.5) is 11.4 Å². The van der Waals surface area contributed by atoms with Crippen molar-refractivity contribution in [2.75, 3.05) is 24.4 Å². The van der Waals surface area contributed by atoms with E-state index in [1.54, 1.807) is 48.7 Å². The monoisotopic (exact) mass is 472 g/mol. The lowest BCUT2D eigenvalue weighted by molar-refractivity contribution is -0.118. The van der Waals surface area contributed by atoms with Crippen LogP contribution < -0.4 is 25.4 Å². The van der Waals surface area contributed by atoms with Gasteiger partial charge in [0.15, 0.2) is 12.3 Å². The van der Waals surface area contributed by atoms with E-state index in [9.17, 15) is 14.4 Å². The fourth-order valence-electron chi connectivity index (χ4n) is 3.67. The number of anilines is 2. The van der Waals surface area contributed by atoms with E-state index in [0.717, 1.165) is 5.56 Å². The number of aromatic nitrogens is 3.